The Hall–Kier alpha value is -1.19. The summed E-state index contributed by atoms with van der Waals surface area (Å²) in [7, 11) is 0. The number of rotatable bonds is 5. The molecule has 0 saturated carbocycles. The molecule has 2 heterocycles. The number of benzene rings is 2. The number of thiocarbonyl (C=S) groups is 1. The molecule has 2 aromatic carbocycles. The Morgan fingerprint density at radius 1 is 1.03 bits per heavy atom. The Bertz CT molecular complexity index is 923. The number of hydrogen-bond donors (Lipinski definition) is 2. The average molecular weight is 582 g/mol. The second-order valence-electron chi connectivity index (χ2n) is 8.36. The zero-order valence-electron chi connectivity index (χ0n) is 18.2. The van der Waals surface area contributed by atoms with Crippen molar-refractivity contribution in [1.29, 1.82) is 0 Å². The number of hydrogen-bond acceptors (Lipinski definition) is 4. The van der Waals surface area contributed by atoms with Gasteiger partial charge in [-0.05, 0) is 106 Å². The van der Waals surface area contributed by atoms with Crippen LogP contribution in [-0.2, 0) is 6.54 Å². The van der Waals surface area contributed by atoms with Crippen LogP contribution in [0, 0.1) is 0 Å². The summed E-state index contributed by atoms with van der Waals surface area (Å²) in [5, 5.41) is 7.56. The van der Waals surface area contributed by atoms with Crippen LogP contribution in [0.3, 0.4) is 0 Å². The normalized spacial score (nSPS) is 18.2. The van der Waals surface area contributed by atoms with E-state index in [9.17, 15) is 0 Å². The molecular weight excluding hydrogens is 552 g/mol. The highest BCUT2D eigenvalue weighted by Gasteiger charge is 2.19. The molecule has 8 heteroatoms. The van der Waals surface area contributed by atoms with E-state index in [0.29, 0.717) is 6.10 Å². The summed E-state index contributed by atoms with van der Waals surface area (Å²) in [6.07, 6.45) is 3.53. The molecule has 0 atom stereocenters. The van der Waals surface area contributed by atoms with Gasteiger partial charge in [0, 0.05) is 37.2 Å². The van der Waals surface area contributed by atoms with Gasteiger partial charge in [0.05, 0.1) is 10.2 Å². The van der Waals surface area contributed by atoms with Crippen LogP contribution >= 0.6 is 44.1 Å². The SMILES string of the molecule is S=C(Nc1ccccc1Br)N1CCCN(Cc2ccc(OC3CCNCC3)c(Br)c2)CC1. The van der Waals surface area contributed by atoms with E-state index in [1.165, 1.54) is 5.56 Å². The number of halogens is 2. The standard InChI is InChI=1S/C24H30Br2N4OS/c25-20-4-1-2-5-22(20)28-24(32)30-13-3-12-29(14-15-30)17-18-6-7-23(21(26)16-18)31-19-8-10-27-11-9-19/h1-2,4-7,16,19,27H,3,8-15,17H2,(H,28,32). The fourth-order valence-corrected chi connectivity index (χ4v) is 5.37. The minimum Gasteiger partial charge on any atom is -0.489 e. The van der Waals surface area contributed by atoms with Crippen molar-refractivity contribution < 1.29 is 4.74 Å². The van der Waals surface area contributed by atoms with E-state index in [0.717, 1.165) is 90.6 Å². The monoisotopic (exact) mass is 580 g/mol. The molecule has 0 radical (unpaired) electrons. The summed E-state index contributed by atoms with van der Waals surface area (Å²) in [5.41, 5.74) is 2.31. The minimum absolute atomic E-state index is 0.309. The second-order valence-corrected chi connectivity index (χ2v) is 10.5. The summed E-state index contributed by atoms with van der Waals surface area (Å²) in [4.78, 5) is 4.79. The van der Waals surface area contributed by atoms with Crippen molar-refractivity contribution in [2.45, 2.75) is 31.9 Å². The predicted octanol–water partition coefficient (Wildman–Crippen LogP) is 5.25. The molecular formula is C24H30Br2N4OS. The maximum atomic E-state index is 6.22. The van der Waals surface area contributed by atoms with Gasteiger partial charge in [-0.3, -0.25) is 4.90 Å². The fourth-order valence-electron chi connectivity index (χ4n) is 4.18. The first-order valence-electron chi connectivity index (χ1n) is 11.3. The molecule has 0 aliphatic carbocycles. The third-order valence-electron chi connectivity index (χ3n) is 5.97. The van der Waals surface area contributed by atoms with E-state index in [4.69, 9.17) is 17.0 Å². The minimum atomic E-state index is 0.309. The van der Waals surface area contributed by atoms with Crippen LogP contribution in [0.15, 0.2) is 51.4 Å². The molecule has 2 fully saturated rings. The molecule has 0 spiro atoms. The summed E-state index contributed by atoms with van der Waals surface area (Å²) in [6, 6.07) is 14.6. The van der Waals surface area contributed by atoms with Gasteiger partial charge in [-0.15, -0.1) is 0 Å². The number of nitrogens with zero attached hydrogens (tertiary/aromatic N) is 2. The van der Waals surface area contributed by atoms with Crippen molar-refractivity contribution in [3.8, 4) is 5.75 Å². The van der Waals surface area contributed by atoms with Crippen LogP contribution in [0.5, 0.6) is 5.75 Å². The molecule has 0 aromatic heterocycles. The van der Waals surface area contributed by atoms with Crippen molar-refractivity contribution in [3.63, 3.8) is 0 Å². The van der Waals surface area contributed by atoms with E-state index in [1.807, 2.05) is 24.3 Å². The zero-order valence-corrected chi connectivity index (χ0v) is 22.1. The lowest BCUT2D eigenvalue weighted by Gasteiger charge is -2.25. The Balaban J connectivity index is 1.29. The van der Waals surface area contributed by atoms with Gasteiger partial charge in [-0.1, -0.05) is 18.2 Å². The highest BCUT2D eigenvalue weighted by molar-refractivity contribution is 9.11. The van der Waals surface area contributed by atoms with Gasteiger partial charge in [0.2, 0.25) is 0 Å². The lowest BCUT2D eigenvalue weighted by Crippen LogP contribution is -2.37. The first kappa shape index (κ1) is 24.0. The molecule has 32 heavy (non-hydrogen) atoms. The Kier molecular flexibility index (Phi) is 8.82. The molecule has 2 aromatic rings. The van der Waals surface area contributed by atoms with Gasteiger partial charge >= 0.3 is 0 Å². The number of para-hydroxylation sites is 1. The number of ether oxygens (including phenoxy) is 1. The average Bonchev–Trinajstić information content (AvgIpc) is 3.04. The molecule has 0 bridgehead atoms. The molecule has 2 aliphatic rings. The summed E-state index contributed by atoms with van der Waals surface area (Å²) in [5.74, 6) is 0.950. The topological polar surface area (TPSA) is 39.8 Å². The quantitative estimate of drug-likeness (QED) is 0.470. The molecule has 0 amide bonds. The lowest BCUT2D eigenvalue weighted by atomic mass is 10.1. The smallest absolute Gasteiger partial charge is 0.173 e. The van der Waals surface area contributed by atoms with Gasteiger partial charge in [0.15, 0.2) is 5.11 Å². The maximum Gasteiger partial charge on any atom is 0.173 e. The number of nitrogens with one attached hydrogen (secondary N) is 2. The molecule has 2 N–H and O–H groups in total. The largest absolute Gasteiger partial charge is 0.489 e. The van der Waals surface area contributed by atoms with Crippen LogP contribution in [-0.4, -0.2) is 60.3 Å². The lowest BCUT2D eigenvalue weighted by molar-refractivity contribution is 0.161. The Morgan fingerprint density at radius 3 is 2.62 bits per heavy atom. The highest BCUT2D eigenvalue weighted by atomic mass is 79.9. The Labute approximate surface area is 213 Å². The first-order chi connectivity index (χ1) is 15.6. The van der Waals surface area contributed by atoms with E-state index in [-0.39, 0.29) is 0 Å². The molecule has 172 valence electrons. The van der Waals surface area contributed by atoms with E-state index in [2.05, 4.69) is 70.5 Å². The molecule has 2 saturated heterocycles. The summed E-state index contributed by atoms with van der Waals surface area (Å²) >= 11 is 13.0. The van der Waals surface area contributed by atoms with Crippen LogP contribution in [0.1, 0.15) is 24.8 Å². The van der Waals surface area contributed by atoms with Gasteiger partial charge in [0.25, 0.3) is 0 Å². The zero-order chi connectivity index (χ0) is 22.3. The van der Waals surface area contributed by atoms with Gasteiger partial charge in [-0.25, -0.2) is 0 Å². The van der Waals surface area contributed by atoms with Crippen LogP contribution in [0.2, 0.25) is 0 Å². The van der Waals surface area contributed by atoms with Crippen molar-refractivity contribution in [2.75, 3.05) is 44.6 Å². The third-order valence-corrected chi connectivity index (χ3v) is 7.64. The first-order valence-corrected chi connectivity index (χ1v) is 13.3. The highest BCUT2D eigenvalue weighted by Crippen LogP contribution is 2.29. The van der Waals surface area contributed by atoms with Gasteiger partial charge < -0.3 is 20.3 Å². The fraction of sp³-hybridized carbons (Fsp3) is 0.458. The van der Waals surface area contributed by atoms with Gasteiger partial charge in [0.1, 0.15) is 11.9 Å². The van der Waals surface area contributed by atoms with Crippen molar-refractivity contribution in [3.05, 3.63) is 57.0 Å². The summed E-state index contributed by atoms with van der Waals surface area (Å²) < 4.78 is 8.29. The van der Waals surface area contributed by atoms with Crippen LogP contribution in [0.4, 0.5) is 5.69 Å². The van der Waals surface area contributed by atoms with Crippen LogP contribution in [0.25, 0.3) is 0 Å². The maximum absolute atomic E-state index is 6.22. The molecule has 5 nitrogen and oxygen atoms in total. The van der Waals surface area contributed by atoms with E-state index in [1.54, 1.807) is 0 Å². The number of anilines is 1. The third kappa shape index (κ3) is 6.67. The Morgan fingerprint density at radius 2 is 1.84 bits per heavy atom. The summed E-state index contributed by atoms with van der Waals surface area (Å²) in [6.45, 7) is 6.96. The van der Waals surface area contributed by atoms with Crippen LogP contribution < -0.4 is 15.4 Å². The number of piperidine rings is 1. The predicted molar refractivity (Wildman–Crippen MR) is 142 cm³/mol. The van der Waals surface area contributed by atoms with Crippen molar-refractivity contribution in [1.82, 2.24) is 15.1 Å². The van der Waals surface area contributed by atoms with E-state index >= 15 is 0 Å². The van der Waals surface area contributed by atoms with Crippen molar-refractivity contribution >= 4 is 54.9 Å². The van der Waals surface area contributed by atoms with Crippen molar-refractivity contribution in [2.24, 2.45) is 0 Å². The molecule has 0 unspecified atom stereocenters. The molecule has 2 aliphatic heterocycles. The van der Waals surface area contributed by atoms with E-state index < -0.39 is 0 Å². The second kappa shape index (κ2) is 11.8. The van der Waals surface area contributed by atoms with Gasteiger partial charge in [-0.2, -0.15) is 0 Å². The molecule has 4 rings (SSSR count).